The molecule has 1 aromatic carbocycles. The van der Waals surface area contributed by atoms with Crippen molar-refractivity contribution in [3.8, 4) is 6.07 Å². The van der Waals surface area contributed by atoms with Gasteiger partial charge in [0, 0.05) is 12.2 Å². The van der Waals surface area contributed by atoms with Crippen molar-refractivity contribution in [1.82, 2.24) is 0 Å². The summed E-state index contributed by atoms with van der Waals surface area (Å²) in [6, 6.07) is 7.43. The summed E-state index contributed by atoms with van der Waals surface area (Å²) in [6.07, 6.45) is 0.208. The van der Waals surface area contributed by atoms with Crippen LogP contribution in [-0.4, -0.2) is 18.3 Å². The van der Waals surface area contributed by atoms with Gasteiger partial charge in [0.1, 0.15) is 11.7 Å². The fourth-order valence-electron chi connectivity index (χ4n) is 1.25. The zero-order valence-corrected chi connectivity index (χ0v) is 9.25. The molecule has 0 aliphatic carbocycles. The van der Waals surface area contributed by atoms with Crippen LogP contribution >= 0.6 is 11.6 Å². The number of nitriles is 1. The number of alkyl halides is 1. The van der Waals surface area contributed by atoms with E-state index < -0.39 is 0 Å². The second-order valence-corrected chi connectivity index (χ2v) is 3.33. The van der Waals surface area contributed by atoms with Crippen LogP contribution in [0.3, 0.4) is 0 Å². The van der Waals surface area contributed by atoms with Gasteiger partial charge < -0.3 is 4.90 Å². The molecule has 1 amide bonds. The van der Waals surface area contributed by atoms with Gasteiger partial charge in [0.15, 0.2) is 0 Å². The Morgan fingerprint density at radius 2 is 2.06 bits per heavy atom. The highest BCUT2D eigenvalue weighted by Gasteiger charge is 2.13. The van der Waals surface area contributed by atoms with Crippen molar-refractivity contribution in [2.45, 2.75) is 6.42 Å². The lowest BCUT2D eigenvalue weighted by Gasteiger charge is -2.20. The van der Waals surface area contributed by atoms with Crippen LogP contribution in [0.4, 0.5) is 10.1 Å². The molecule has 0 fully saturated rings. The first kappa shape index (κ1) is 12.5. The maximum Gasteiger partial charge on any atom is 0.241 e. The number of hydrogen-bond acceptors (Lipinski definition) is 2. The minimum absolute atomic E-state index is 0.164. The predicted octanol–water partition coefficient (Wildman–Crippen LogP) is 2.31. The average Bonchev–Trinajstić information content (AvgIpc) is 2.31. The van der Waals surface area contributed by atoms with Crippen LogP contribution in [0.25, 0.3) is 0 Å². The molecular weight excluding hydrogens is 231 g/mol. The Morgan fingerprint density at radius 3 is 2.56 bits per heavy atom. The Balaban J connectivity index is 2.88. The van der Waals surface area contributed by atoms with Crippen LogP contribution < -0.4 is 4.90 Å². The van der Waals surface area contributed by atoms with E-state index >= 15 is 0 Å². The molecule has 0 spiro atoms. The lowest BCUT2D eigenvalue weighted by Crippen LogP contribution is -2.32. The number of carbonyl (C=O) groups is 1. The number of anilines is 1. The molecule has 5 heteroatoms. The van der Waals surface area contributed by atoms with E-state index in [2.05, 4.69) is 0 Å². The van der Waals surface area contributed by atoms with E-state index in [1.54, 1.807) is 0 Å². The van der Waals surface area contributed by atoms with Crippen molar-refractivity contribution >= 4 is 23.2 Å². The highest BCUT2D eigenvalue weighted by Crippen LogP contribution is 2.15. The Morgan fingerprint density at radius 1 is 1.44 bits per heavy atom. The molecule has 0 radical (unpaired) electrons. The third kappa shape index (κ3) is 3.21. The third-order valence-electron chi connectivity index (χ3n) is 2.00. The van der Waals surface area contributed by atoms with E-state index in [1.807, 2.05) is 6.07 Å². The highest BCUT2D eigenvalue weighted by molar-refractivity contribution is 6.29. The number of halogens is 2. The van der Waals surface area contributed by atoms with Crippen LogP contribution in [0.15, 0.2) is 24.3 Å². The van der Waals surface area contributed by atoms with Crippen molar-refractivity contribution in [2.75, 3.05) is 17.3 Å². The molecule has 0 bridgehead atoms. The van der Waals surface area contributed by atoms with Gasteiger partial charge in [-0.15, -0.1) is 11.6 Å². The Hall–Kier alpha value is -1.60. The molecule has 0 heterocycles. The van der Waals surface area contributed by atoms with E-state index in [-0.39, 0.29) is 30.6 Å². The predicted molar refractivity (Wildman–Crippen MR) is 59.7 cm³/mol. The van der Waals surface area contributed by atoms with Crippen molar-refractivity contribution < 1.29 is 9.18 Å². The van der Waals surface area contributed by atoms with Crippen molar-refractivity contribution in [1.29, 1.82) is 5.26 Å². The number of hydrogen-bond donors (Lipinski definition) is 0. The summed E-state index contributed by atoms with van der Waals surface area (Å²) in [7, 11) is 0. The average molecular weight is 241 g/mol. The zero-order valence-electron chi connectivity index (χ0n) is 8.49. The monoisotopic (exact) mass is 240 g/mol. The molecule has 0 aliphatic rings. The minimum atomic E-state index is -0.373. The van der Waals surface area contributed by atoms with Crippen LogP contribution in [0.1, 0.15) is 6.42 Å². The molecule has 0 saturated heterocycles. The van der Waals surface area contributed by atoms with Crippen molar-refractivity contribution in [2.24, 2.45) is 0 Å². The van der Waals surface area contributed by atoms with E-state index in [0.717, 1.165) is 0 Å². The summed E-state index contributed by atoms with van der Waals surface area (Å²) >= 11 is 5.46. The standard InChI is InChI=1S/C11H10ClFN2O/c12-8-11(16)15(7-1-6-14)10-4-2-9(13)3-5-10/h2-5H,1,7-8H2. The molecule has 0 N–H and O–H groups in total. The van der Waals surface area contributed by atoms with E-state index in [4.69, 9.17) is 16.9 Å². The van der Waals surface area contributed by atoms with Gasteiger partial charge in [-0.2, -0.15) is 5.26 Å². The number of nitrogens with zero attached hydrogens (tertiary/aromatic N) is 2. The second-order valence-electron chi connectivity index (χ2n) is 3.06. The lowest BCUT2D eigenvalue weighted by atomic mass is 10.2. The summed E-state index contributed by atoms with van der Waals surface area (Å²) in [5, 5.41) is 8.48. The summed E-state index contributed by atoms with van der Waals surface area (Å²) in [6.45, 7) is 0.258. The first-order valence-corrected chi connectivity index (χ1v) is 5.21. The maximum absolute atomic E-state index is 12.7. The van der Waals surface area contributed by atoms with Gasteiger partial charge in [-0.1, -0.05) is 0 Å². The largest absolute Gasteiger partial charge is 0.310 e. The van der Waals surface area contributed by atoms with Crippen LogP contribution in [0, 0.1) is 17.1 Å². The van der Waals surface area contributed by atoms with Gasteiger partial charge in [-0.3, -0.25) is 4.79 Å². The van der Waals surface area contributed by atoms with E-state index in [1.165, 1.54) is 29.2 Å². The van der Waals surface area contributed by atoms with Gasteiger partial charge in [0.05, 0.1) is 12.5 Å². The SMILES string of the molecule is N#CCCN(C(=O)CCl)c1ccc(F)cc1. The molecule has 16 heavy (non-hydrogen) atoms. The van der Waals surface area contributed by atoms with Crippen LogP contribution in [0.5, 0.6) is 0 Å². The van der Waals surface area contributed by atoms with Gasteiger partial charge in [-0.25, -0.2) is 4.39 Å². The molecule has 0 atom stereocenters. The van der Waals surface area contributed by atoms with E-state index in [0.29, 0.717) is 5.69 Å². The lowest BCUT2D eigenvalue weighted by molar-refractivity contribution is -0.116. The Bertz CT molecular complexity index is 399. The summed E-state index contributed by atoms with van der Waals surface area (Å²) in [5.74, 6) is -0.839. The van der Waals surface area contributed by atoms with Crippen molar-refractivity contribution in [3.63, 3.8) is 0 Å². The molecule has 1 aromatic rings. The Labute approximate surface area is 98.0 Å². The van der Waals surface area contributed by atoms with Crippen LogP contribution in [0.2, 0.25) is 0 Å². The maximum atomic E-state index is 12.7. The first-order valence-electron chi connectivity index (χ1n) is 4.68. The molecular formula is C11H10ClFN2O. The number of amides is 1. The fourth-order valence-corrected chi connectivity index (χ4v) is 1.40. The van der Waals surface area contributed by atoms with Gasteiger partial charge in [-0.05, 0) is 24.3 Å². The van der Waals surface area contributed by atoms with Crippen LogP contribution in [-0.2, 0) is 4.79 Å². The summed E-state index contributed by atoms with van der Waals surface area (Å²) in [4.78, 5) is 12.9. The third-order valence-corrected chi connectivity index (χ3v) is 2.23. The molecule has 3 nitrogen and oxygen atoms in total. The summed E-state index contributed by atoms with van der Waals surface area (Å²) < 4.78 is 12.7. The quantitative estimate of drug-likeness (QED) is 0.758. The first-order chi connectivity index (χ1) is 7.69. The van der Waals surface area contributed by atoms with Gasteiger partial charge in [0.2, 0.25) is 5.91 Å². The van der Waals surface area contributed by atoms with Gasteiger partial charge >= 0.3 is 0 Å². The topological polar surface area (TPSA) is 44.1 Å². The van der Waals surface area contributed by atoms with Crippen molar-refractivity contribution in [3.05, 3.63) is 30.1 Å². The normalized spacial score (nSPS) is 9.56. The molecule has 0 unspecified atom stereocenters. The zero-order chi connectivity index (χ0) is 12.0. The fraction of sp³-hybridized carbons (Fsp3) is 0.273. The molecule has 1 rings (SSSR count). The molecule has 84 valence electrons. The Kier molecular flexibility index (Phi) is 4.74. The number of benzene rings is 1. The second kappa shape index (κ2) is 6.09. The molecule has 0 aliphatic heterocycles. The van der Waals surface area contributed by atoms with E-state index in [9.17, 15) is 9.18 Å². The smallest absolute Gasteiger partial charge is 0.241 e. The number of rotatable bonds is 4. The molecule has 0 saturated carbocycles. The highest BCUT2D eigenvalue weighted by atomic mass is 35.5. The van der Waals surface area contributed by atoms with Gasteiger partial charge in [0.25, 0.3) is 0 Å². The summed E-state index contributed by atoms with van der Waals surface area (Å²) in [5.41, 5.74) is 0.544. The molecule has 0 aromatic heterocycles. The number of carbonyl (C=O) groups excluding carboxylic acids is 1. The minimum Gasteiger partial charge on any atom is -0.310 e.